The number of aromatic nitrogens is 2. The van der Waals surface area contributed by atoms with Crippen molar-refractivity contribution in [3.05, 3.63) is 64.0 Å². The molecule has 32 heavy (non-hydrogen) atoms. The molecular weight excluding hydrogens is 468 g/mol. The molecule has 2 aromatic heterocycles. The molecule has 0 saturated carbocycles. The van der Waals surface area contributed by atoms with Gasteiger partial charge in [0.25, 0.3) is 0 Å². The Morgan fingerprint density at radius 3 is 2.31 bits per heavy atom. The number of anilines is 1. The number of hydrogen-bond donors (Lipinski definition) is 1. The molecular formula is C21H19Cl2F3N4O2. The fourth-order valence-corrected chi connectivity index (χ4v) is 4.05. The smallest absolute Gasteiger partial charge is 0.384 e. The molecule has 1 N–H and O–H groups in total. The van der Waals surface area contributed by atoms with Crippen LogP contribution in [0.4, 0.5) is 19.0 Å². The Balaban J connectivity index is 1.33. The molecule has 4 rings (SSSR count). The highest BCUT2D eigenvalue weighted by molar-refractivity contribution is 6.35. The van der Waals surface area contributed by atoms with Crippen LogP contribution in [0.25, 0.3) is 11.3 Å². The molecule has 1 aromatic carbocycles. The van der Waals surface area contributed by atoms with Crippen molar-refractivity contribution in [3.8, 4) is 11.3 Å². The first kappa shape index (κ1) is 22.8. The topological polar surface area (TPSA) is 65.6 Å². The van der Waals surface area contributed by atoms with Crippen LogP contribution in [-0.2, 0) is 6.18 Å². The summed E-state index contributed by atoms with van der Waals surface area (Å²) in [6.45, 7) is 2.72. The second-order valence-electron chi connectivity index (χ2n) is 7.48. The van der Waals surface area contributed by atoms with E-state index in [2.05, 4.69) is 10.1 Å². The van der Waals surface area contributed by atoms with Gasteiger partial charge >= 0.3 is 6.18 Å². The maximum Gasteiger partial charge on any atom is 0.417 e. The number of aliphatic hydroxyl groups excluding tert-OH is 1. The molecule has 1 fully saturated rings. The molecule has 0 spiro atoms. The van der Waals surface area contributed by atoms with Crippen LogP contribution in [0.3, 0.4) is 0 Å². The van der Waals surface area contributed by atoms with Gasteiger partial charge in [-0.3, -0.25) is 4.90 Å². The van der Waals surface area contributed by atoms with E-state index in [1.54, 1.807) is 24.3 Å². The van der Waals surface area contributed by atoms with E-state index in [0.717, 1.165) is 12.3 Å². The van der Waals surface area contributed by atoms with Gasteiger partial charge < -0.3 is 14.5 Å². The predicted molar refractivity (Wildman–Crippen MR) is 115 cm³/mol. The van der Waals surface area contributed by atoms with Gasteiger partial charge in [0.05, 0.1) is 5.56 Å². The fourth-order valence-electron chi connectivity index (χ4n) is 3.52. The molecule has 0 bridgehead atoms. The lowest BCUT2D eigenvalue weighted by Crippen LogP contribution is -2.47. The summed E-state index contributed by atoms with van der Waals surface area (Å²) in [6.07, 6.45) is -4.44. The zero-order valence-corrected chi connectivity index (χ0v) is 18.2. The summed E-state index contributed by atoms with van der Waals surface area (Å²) >= 11 is 12.0. The zero-order chi connectivity index (χ0) is 22.9. The monoisotopic (exact) mass is 486 g/mol. The van der Waals surface area contributed by atoms with E-state index >= 15 is 0 Å². The van der Waals surface area contributed by atoms with Gasteiger partial charge in [-0.2, -0.15) is 13.2 Å². The van der Waals surface area contributed by atoms with E-state index in [-0.39, 0.29) is 0 Å². The lowest BCUT2D eigenvalue weighted by Gasteiger charge is -2.36. The number of benzene rings is 1. The zero-order valence-electron chi connectivity index (χ0n) is 16.7. The van der Waals surface area contributed by atoms with Crippen molar-refractivity contribution in [2.75, 3.05) is 37.6 Å². The Morgan fingerprint density at radius 1 is 1.03 bits per heavy atom. The molecule has 3 aromatic rings. The predicted octanol–water partition coefficient (Wildman–Crippen LogP) is 4.92. The van der Waals surface area contributed by atoms with Crippen LogP contribution in [0.1, 0.15) is 17.4 Å². The van der Waals surface area contributed by atoms with Gasteiger partial charge in [0.15, 0.2) is 5.76 Å². The van der Waals surface area contributed by atoms with E-state index < -0.39 is 17.8 Å². The van der Waals surface area contributed by atoms with Crippen molar-refractivity contribution in [1.29, 1.82) is 0 Å². The number of nitrogens with zero attached hydrogens (tertiary/aromatic N) is 4. The first-order valence-corrected chi connectivity index (χ1v) is 10.6. The Labute approximate surface area is 192 Å². The van der Waals surface area contributed by atoms with Crippen LogP contribution in [0.2, 0.25) is 10.0 Å². The fraction of sp³-hybridized carbons (Fsp3) is 0.333. The van der Waals surface area contributed by atoms with E-state index in [1.807, 2.05) is 9.80 Å². The second-order valence-corrected chi connectivity index (χ2v) is 8.35. The van der Waals surface area contributed by atoms with Crippen molar-refractivity contribution in [3.63, 3.8) is 0 Å². The molecule has 1 unspecified atom stereocenters. The average Bonchev–Trinajstić information content (AvgIpc) is 3.24. The third-order valence-electron chi connectivity index (χ3n) is 5.22. The van der Waals surface area contributed by atoms with Crippen molar-refractivity contribution in [2.24, 2.45) is 0 Å². The molecule has 3 heterocycles. The first-order valence-electron chi connectivity index (χ1n) is 9.81. The van der Waals surface area contributed by atoms with E-state index in [4.69, 9.17) is 27.7 Å². The third-order valence-corrected chi connectivity index (χ3v) is 5.65. The minimum atomic E-state index is -4.40. The van der Waals surface area contributed by atoms with Crippen molar-refractivity contribution in [1.82, 2.24) is 15.0 Å². The molecule has 1 aliphatic heterocycles. The highest BCUT2D eigenvalue weighted by Crippen LogP contribution is 2.30. The Bertz CT molecular complexity index is 1050. The summed E-state index contributed by atoms with van der Waals surface area (Å²) in [5.41, 5.74) is 0.429. The number of β-amino-alcohol motifs (C(OH)–C–C–N with tert-alkyl or cyclic N) is 1. The summed E-state index contributed by atoms with van der Waals surface area (Å²) in [5, 5.41) is 15.5. The Morgan fingerprint density at radius 2 is 1.72 bits per heavy atom. The first-order chi connectivity index (χ1) is 15.2. The number of hydrogen-bond acceptors (Lipinski definition) is 6. The molecule has 6 nitrogen and oxygen atoms in total. The van der Waals surface area contributed by atoms with Crippen LogP contribution >= 0.6 is 23.2 Å². The van der Waals surface area contributed by atoms with Gasteiger partial charge in [-0.1, -0.05) is 28.4 Å². The van der Waals surface area contributed by atoms with Crippen molar-refractivity contribution >= 4 is 29.0 Å². The minimum Gasteiger partial charge on any atom is -0.384 e. The number of pyridine rings is 1. The standard InChI is InChI=1S/C21H19Cl2F3N4O2/c22-15-7-13(8-16(23)9-15)17-10-19(32-28-17)18(31)12-29-3-5-30(6-4-29)20-2-1-14(11-27-20)21(24,25)26/h1-2,7-11,18,31H,3-6,12H2. The lowest BCUT2D eigenvalue weighted by atomic mass is 10.1. The van der Waals surface area contributed by atoms with Gasteiger partial charge in [0, 0.05) is 60.6 Å². The number of alkyl halides is 3. The summed E-state index contributed by atoms with van der Waals surface area (Å²) in [5.74, 6) is 0.821. The van der Waals surface area contributed by atoms with Gasteiger partial charge in [0.1, 0.15) is 17.6 Å². The highest BCUT2D eigenvalue weighted by atomic mass is 35.5. The van der Waals surface area contributed by atoms with Crippen molar-refractivity contribution in [2.45, 2.75) is 12.3 Å². The number of rotatable bonds is 5. The second kappa shape index (κ2) is 9.27. The molecule has 0 amide bonds. The molecule has 1 saturated heterocycles. The average molecular weight is 487 g/mol. The van der Waals surface area contributed by atoms with Crippen LogP contribution < -0.4 is 4.90 Å². The van der Waals surface area contributed by atoms with Gasteiger partial charge in [-0.15, -0.1) is 0 Å². The highest BCUT2D eigenvalue weighted by Gasteiger charge is 2.31. The summed E-state index contributed by atoms with van der Waals surface area (Å²) in [4.78, 5) is 7.90. The molecule has 1 aliphatic rings. The quantitative estimate of drug-likeness (QED) is 0.552. The number of piperazine rings is 1. The van der Waals surface area contributed by atoms with Gasteiger partial charge in [-0.25, -0.2) is 4.98 Å². The van der Waals surface area contributed by atoms with E-state index in [1.165, 1.54) is 6.07 Å². The molecule has 170 valence electrons. The van der Waals surface area contributed by atoms with Gasteiger partial charge in [-0.05, 0) is 30.3 Å². The Kier molecular flexibility index (Phi) is 6.62. The normalized spacial score (nSPS) is 16.4. The van der Waals surface area contributed by atoms with Gasteiger partial charge in [0.2, 0.25) is 0 Å². The maximum atomic E-state index is 12.7. The largest absolute Gasteiger partial charge is 0.417 e. The van der Waals surface area contributed by atoms with E-state index in [0.29, 0.717) is 65.6 Å². The SMILES string of the molecule is OC(CN1CCN(c2ccc(C(F)(F)F)cn2)CC1)c1cc(-c2cc(Cl)cc(Cl)c2)no1. The maximum absolute atomic E-state index is 12.7. The third kappa shape index (κ3) is 5.35. The van der Waals surface area contributed by atoms with Crippen LogP contribution in [-0.4, -0.2) is 52.9 Å². The lowest BCUT2D eigenvalue weighted by molar-refractivity contribution is -0.137. The number of halogens is 5. The molecule has 11 heteroatoms. The van der Waals surface area contributed by atoms with Crippen LogP contribution in [0.5, 0.6) is 0 Å². The molecule has 0 aliphatic carbocycles. The minimum absolute atomic E-state index is 0.322. The summed E-state index contributed by atoms with van der Waals surface area (Å²) < 4.78 is 43.4. The molecule has 1 atom stereocenters. The summed E-state index contributed by atoms with van der Waals surface area (Å²) in [7, 11) is 0. The molecule has 0 radical (unpaired) electrons. The summed E-state index contributed by atoms with van der Waals surface area (Å²) in [6, 6.07) is 9.09. The van der Waals surface area contributed by atoms with Crippen LogP contribution in [0.15, 0.2) is 47.1 Å². The van der Waals surface area contributed by atoms with Crippen molar-refractivity contribution < 1.29 is 22.8 Å². The number of aliphatic hydroxyl groups is 1. The Hall–Kier alpha value is -2.33. The van der Waals surface area contributed by atoms with E-state index in [9.17, 15) is 18.3 Å². The van der Waals surface area contributed by atoms with Crippen LogP contribution in [0, 0.1) is 0 Å².